The molecule has 4 aromatic rings. The number of aromatic nitrogens is 2. The van der Waals surface area contributed by atoms with Crippen LogP contribution < -0.4 is 10.1 Å². The molecule has 196 valence electrons. The minimum Gasteiger partial charge on any atom is -0.279 e. The van der Waals surface area contributed by atoms with Crippen LogP contribution in [0.1, 0.15) is 22.4 Å². The molecule has 0 aliphatic heterocycles. The van der Waals surface area contributed by atoms with E-state index >= 15 is 0 Å². The number of anilines is 2. The standard InChI is InChI=1S/C25H22ClFN6O4S/c1-15-4-10-22(16(2)12-15)31-38(36,37)24-13-20(33(34)35)9-11-23(24)29-28-14-21-17(3)30-32(25(21)26)19-7-5-18(27)6-8-19/h4-14,29,31H,1-3H3. The Labute approximate surface area is 223 Å². The molecule has 0 atom stereocenters. The van der Waals surface area contributed by atoms with Crippen LogP contribution in [-0.4, -0.2) is 29.3 Å². The number of hydrogen-bond donors (Lipinski definition) is 2. The summed E-state index contributed by atoms with van der Waals surface area (Å²) in [6, 6.07) is 14.1. The molecule has 0 fully saturated rings. The molecule has 2 N–H and O–H groups in total. The lowest BCUT2D eigenvalue weighted by Crippen LogP contribution is -2.16. The Morgan fingerprint density at radius 2 is 1.74 bits per heavy atom. The van der Waals surface area contributed by atoms with Crippen molar-refractivity contribution in [2.75, 3.05) is 10.1 Å². The minimum absolute atomic E-state index is 0.00353. The van der Waals surface area contributed by atoms with Crippen molar-refractivity contribution in [2.24, 2.45) is 5.10 Å². The lowest BCUT2D eigenvalue weighted by atomic mass is 10.1. The molecule has 0 unspecified atom stereocenters. The van der Waals surface area contributed by atoms with Crippen molar-refractivity contribution in [1.29, 1.82) is 0 Å². The smallest absolute Gasteiger partial charge is 0.270 e. The topological polar surface area (TPSA) is 132 Å². The van der Waals surface area contributed by atoms with Gasteiger partial charge in [0, 0.05) is 12.1 Å². The van der Waals surface area contributed by atoms with Gasteiger partial charge in [-0.15, -0.1) is 0 Å². The molecule has 13 heteroatoms. The van der Waals surface area contributed by atoms with Gasteiger partial charge in [-0.05, 0) is 62.7 Å². The van der Waals surface area contributed by atoms with Crippen LogP contribution in [0.3, 0.4) is 0 Å². The molecule has 0 aliphatic rings. The molecule has 4 rings (SSSR count). The van der Waals surface area contributed by atoms with Gasteiger partial charge in [-0.1, -0.05) is 29.3 Å². The first-order valence-electron chi connectivity index (χ1n) is 11.1. The van der Waals surface area contributed by atoms with Crippen LogP contribution in [0, 0.1) is 36.7 Å². The summed E-state index contributed by atoms with van der Waals surface area (Å²) in [6.45, 7) is 5.33. The van der Waals surface area contributed by atoms with Crippen molar-refractivity contribution in [2.45, 2.75) is 25.7 Å². The van der Waals surface area contributed by atoms with E-state index in [2.05, 4.69) is 20.3 Å². The number of nitrogens with zero attached hydrogens (tertiary/aromatic N) is 4. The second kappa shape index (κ2) is 10.6. The minimum atomic E-state index is -4.25. The van der Waals surface area contributed by atoms with Crippen molar-refractivity contribution < 1.29 is 17.7 Å². The zero-order chi connectivity index (χ0) is 27.6. The Kier molecular flexibility index (Phi) is 7.46. The second-order valence-corrected chi connectivity index (χ2v) is 10.4. The van der Waals surface area contributed by atoms with E-state index in [1.165, 1.54) is 47.3 Å². The normalized spacial score (nSPS) is 11.6. The molecular formula is C25H22ClFN6O4S. The average molecular weight is 557 g/mol. The van der Waals surface area contributed by atoms with E-state index in [1.54, 1.807) is 26.0 Å². The fourth-order valence-electron chi connectivity index (χ4n) is 3.64. The number of sulfonamides is 1. The number of non-ortho nitro benzene ring substituents is 1. The van der Waals surface area contributed by atoms with E-state index in [4.69, 9.17) is 11.6 Å². The monoisotopic (exact) mass is 556 g/mol. The maximum atomic E-state index is 13.3. The van der Waals surface area contributed by atoms with Crippen LogP contribution in [0.2, 0.25) is 5.15 Å². The van der Waals surface area contributed by atoms with Gasteiger partial charge in [0.2, 0.25) is 0 Å². The summed E-state index contributed by atoms with van der Waals surface area (Å²) >= 11 is 6.47. The molecule has 0 radical (unpaired) electrons. The van der Waals surface area contributed by atoms with Gasteiger partial charge in [0.15, 0.2) is 0 Å². The molecule has 0 saturated heterocycles. The van der Waals surface area contributed by atoms with Gasteiger partial charge in [-0.25, -0.2) is 17.5 Å². The highest BCUT2D eigenvalue weighted by Gasteiger charge is 2.23. The number of halogens is 2. The number of nitro groups is 1. The van der Waals surface area contributed by atoms with Crippen LogP contribution in [0.5, 0.6) is 0 Å². The Hall–Kier alpha value is -4.29. The maximum absolute atomic E-state index is 13.3. The number of aryl methyl sites for hydroxylation is 3. The fourth-order valence-corrected chi connectivity index (χ4v) is 5.27. The van der Waals surface area contributed by atoms with Crippen molar-refractivity contribution in [3.05, 3.63) is 104 Å². The summed E-state index contributed by atoms with van der Waals surface area (Å²) in [4.78, 5) is 10.3. The Balaban J connectivity index is 1.66. The molecule has 0 amide bonds. The van der Waals surface area contributed by atoms with Crippen molar-refractivity contribution in [1.82, 2.24) is 9.78 Å². The number of nitrogens with one attached hydrogen (secondary N) is 2. The first-order valence-corrected chi connectivity index (χ1v) is 13.0. The first-order chi connectivity index (χ1) is 18.0. The predicted octanol–water partition coefficient (Wildman–Crippen LogP) is 5.75. The molecule has 0 aliphatic carbocycles. The largest absolute Gasteiger partial charge is 0.279 e. The molecule has 10 nitrogen and oxygen atoms in total. The van der Waals surface area contributed by atoms with Crippen LogP contribution in [-0.2, 0) is 10.0 Å². The van der Waals surface area contributed by atoms with Crippen molar-refractivity contribution >= 4 is 44.9 Å². The quantitative estimate of drug-likeness (QED) is 0.161. The highest BCUT2D eigenvalue weighted by molar-refractivity contribution is 7.92. The number of benzene rings is 3. The summed E-state index contributed by atoms with van der Waals surface area (Å²) in [5.41, 5.74) is 5.70. The Morgan fingerprint density at radius 1 is 1.05 bits per heavy atom. The van der Waals surface area contributed by atoms with E-state index in [0.29, 0.717) is 28.2 Å². The van der Waals surface area contributed by atoms with E-state index in [0.717, 1.165) is 11.6 Å². The summed E-state index contributed by atoms with van der Waals surface area (Å²) < 4.78 is 43.7. The van der Waals surface area contributed by atoms with Gasteiger partial charge in [0.1, 0.15) is 15.9 Å². The fraction of sp³-hybridized carbons (Fsp3) is 0.120. The third kappa shape index (κ3) is 5.66. The second-order valence-electron chi connectivity index (χ2n) is 8.41. The maximum Gasteiger partial charge on any atom is 0.270 e. The van der Waals surface area contributed by atoms with Crippen molar-refractivity contribution in [3.8, 4) is 5.69 Å². The van der Waals surface area contributed by atoms with E-state index < -0.39 is 26.5 Å². The molecule has 0 bridgehead atoms. The lowest BCUT2D eigenvalue weighted by Gasteiger charge is -2.14. The Bertz CT molecular complexity index is 1670. The van der Waals surface area contributed by atoms with E-state index in [-0.39, 0.29) is 15.7 Å². The predicted molar refractivity (Wildman–Crippen MR) is 144 cm³/mol. The summed E-state index contributed by atoms with van der Waals surface area (Å²) in [5, 5.41) is 20.0. The van der Waals surface area contributed by atoms with Crippen LogP contribution >= 0.6 is 11.6 Å². The molecule has 3 aromatic carbocycles. The zero-order valence-corrected chi connectivity index (χ0v) is 22.0. The third-order valence-corrected chi connectivity index (χ3v) is 7.36. The number of nitro benzene ring substituents is 1. The first kappa shape index (κ1) is 26.8. The molecule has 1 aromatic heterocycles. The molecular weight excluding hydrogens is 535 g/mol. The Morgan fingerprint density at radius 3 is 2.39 bits per heavy atom. The summed E-state index contributed by atoms with van der Waals surface area (Å²) in [5.74, 6) is -0.402. The van der Waals surface area contributed by atoms with Crippen molar-refractivity contribution in [3.63, 3.8) is 0 Å². The van der Waals surface area contributed by atoms with Gasteiger partial charge < -0.3 is 0 Å². The highest BCUT2D eigenvalue weighted by atomic mass is 35.5. The number of hydrogen-bond acceptors (Lipinski definition) is 7. The zero-order valence-electron chi connectivity index (χ0n) is 20.4. The van der Waals surface area contributed by atoms with Gasteiger partial charge in [0.25, 0.3) is 15.7 Å². The molecule has 0 saturated carbocycles. The average Bonchev–Trinajstić information content (AvgIpc) is 3.14. The van der Waals surface area contributed by atoms with Crippen LogP contribution in [0.4, 0.5) is 21.5 Å². The van der Waals surface area contributed by atoms with Gasteiger partial charge >= 0.3 is 0 Å². The van der Waals surface area contributed by atoms with Gasteiger partial charge in [-0.2, -0.15) is 10.2 Å². The van der Waals surface area contributed by atoms with Gasteiger partial charge in [0.05, 0.1) is 39.5 Å². The molecule has 1 heterocycles. The number of rotatable bonds is 8. The molecule has 38 heavy (non-hydrogen) atoms. The SMILES string of the molecule is Cc1ccc(NS(=O)(=O)c2cc([N+](=O)[O-])ccc2NN=Cc2c(C)nn(-c3ccc(F)cc3)c2Cl)c(C)c1. The van der Waals surface area contributed by atoms with Crippen LogP contribution in [0.25, 0.3) is 5.69 Å². The molecule has 0 spiro atoms. The summed E-state index contributed by atoms with van der Waals surface area (Å²) in [7, 11) is -4.25. The number of hydrazone groups is 1. The van der Waals surface area contributed by atoms with E-state index in [9.17, 15) is 22.9 Å². The van der Waals surface area contributed by atoms with Gasteiger partial charge in [-0.3, -0.25) is 20.3 Å². The lowest BCUT2D eigenvalue weighted by molar-refractivity contribution is -0.385. The van der Waals surface area contributed by atoms with E-state index in [1.807, 2.05) is 13.0 Å². The third-order valence-electron chi connectivity index (χ3n) is 5.59. The summed E-state index contributed by atoms with van der Waals surface area (Å²) in [6.07, 6.45) is 1.35. The highest BCUT2D eigenvalue weighted by Crippen LogP contribution is 2.30. The van der Waals surface area contributed by atoms with Crippen LogP contribution in [0.15, 0.2) is 70.7 Å².